The standard InChI is InChI=1S/C29H35N3O6S/c1-32-15-14-30-29(32)39-19-24-17-25(21-12-10-20(18-33)11-13-21)38-28(37-24)22-6-5-7-23(16-22)31-26(34)8-3-2-4-9-27(35)36/h5-7,10-16,24-25,28,33H,2-4,8-9,17-19H2,1H3,(H,31,34)(H,35,36)/t24-,25+,28+/m1/s1. The van der Waals surface area contributed by atoms with Crippen molar-refractivity contribution in [3.8, 4) is 0 Å². The lowest BCUT2D eigenvalue weighted by molar-refractivity contribution is -0.245. The van der Waals surface area contributed by atoms with Crippen LogP contribution in [0.15, 0.2) is 66.1 Å². The number of carboxylic acids is 1. The zero-order valence-corrected chi connectivity index (χ0v) is 22.8. The van der Waals surface area contributed by atoms with Gasteiger partial charge in [-0.1, -0.05) is 54.6 Å². The van der Waals surface area contributed by atoms with Crippen molar-refractivity contribution in [2.45, 2.75) is 68.8 Å². The molecule has 1 saturated heterocycles. The van der Waals surface area contributed by atoms with Crippen LogP contribution in [-0.4, -0.2) is 43.5 Å². The smallest absolute Gasteiger partial charge is 0.303 e. The van der Waals surface area contributed by atoms with E-state index < -0.39 is 12.3 Å². The highest BCUT2D eigenvalue weighted by Crippen LogP contribution is 2.39. The molecule has 0 saturated carbocycles. The van der Waals surface area contributed by atoms with E-state index in [0.29, 0.717) is 43.5 Å². The van der Waals surface area contributed by atoms with Crippen molar-refractivity contribution in [2.75, 3.05) is 11.1 Å². The van der Waals surface area contributed by atoms with Gasteiger partial charge in [-0.25, -0.2) is 4.98 Å². The number of unbranched alkanes of at least 4 members (excludes halogenated alkanes) is 2. The van der Waals surface area contributed by atoms with Gasteiger partial charge in [-0.15, -0.1) is 0 Å². The maximum absolute atomic E-state index is 12.4. The summed E-state index contributed by atoms with van der Waals surface area (Å²) in [6.45, 7) is -0.0126. The molecule has 3 aromatic rings. The summed E-state index contributed by atoms with van der Waals surface area (Å²) in [7, 11) is 1.96. The number of carbonyl (C=O) groups excluding carboxylic acids is 1. The van der Waals surface area contributed by atoms with Crippen molar-refractivity contribution in [1.82, 2.24) is 9.55 Å². The number of nitrogens with one attached hydrogen (secondary N) is 1. The van der Waals surface area contributed by atoms with Crippen LogP contribution in [0.4, 0.5) is 5.69 Å². The molecular weight excluding hydrogens is 518 g/mol. The van der Waals surface area contributed by atoms with Crippen LogP contribution in [0.5, 0.6) is 0 Å². The van der Waals surface area contributed by atoms with Gasteiger partial charge in [-0.05, 0) is 36.1 Å². The third-order valence-electron chi connectivity index (χ3n) is 6.53. The van der Waals surface area contributed by atoms with Gasteiger partial charge in [0.05, 0.1) is 18.8 Å². The lowest BCUT2D eigenvalue weighted by Crippen LogP contribution is -2.31. The Morgan fingerprint density at radius 3 is 2.59 bits per heavy atom. The summed E-state index contributed by atoms with van der Waals surface area (Å²) < 4.78 is 14.8. The highest BCUT2D eigenvalue weighted by molar-refractivity contribution is 7.99. The number of rotatable bonds is 13. The molecule has 9 nitrogen and oxygen atoms in total. The van der Waals surface area contributed by atoms with Crippen molar-refractivity contribution in [1.29, 1.82) is 0 Å². The molecule has 10 heteroatoms. The molecule has 1 amide bonds. The Hall–Kier alpha value is -3.18. The lowest BCUT2D eigenvalue weighted by atomic mass is 10.0. The van der Waals surface area contributed by atoms with Gasteiger partial charge in [0.1, 0.15) is 0 Å². The molecule has 1 aromatic heterocycles. The fourth-order valence-corrected chi connectivity index (χ4v) is 5.36. The number of hydrogen-bond acceptors (Lipinski definition) is 7. The minimum atomic E-state index is -0.815. The number of carboxylic acid groups (broad SMARTS) is 1. The number of amides is 1. The van der Waals surface area contributed by atoms with Crippen LogP contribution in [0.1, 0.15) is 67.6 Å². The van der Waals surface area contributed by atoms with Crippen LogP contribution < -0.4 is 5.32 Å². The van der Waals surface area contributed by atoms with E-state index in [-0.39, 0.29) is 31.1 Å². The quantitative estimate of drug-likeness (QED) is 0.194. The van der Waals surface area contributed by atoms with Gasteiger partial charge in [0.15, 0.2) is 11.4 Å². The molecule has 0 radical (unpaired) electrons. The van der Waals surface area contributed by atoms with Gasteiger partial charge in [0.25, 0.3) is 0 Å². The fourth-order valence-electron chi connectivity index (χ4n) is 4.41. The number of anilines is 1. The number of imidazole rings is 1. The van der Waals surface area contributed by atoms with Crippen LogP contribution in [-0.2, 0) is 32.7 Å². The number of ether oxygens (including phenoxy) is 2. The molecular formula is C29H35N3O6S. The minimum absolute atomic E-state index is 0.0126. The van der Waals surface area contributed by atoms with Crippen LogP contribution >= 0.6 is 11.8 Å². The molecule has 2 heterocycles. The van der Waals surface area contributed by atoms with E-state index in [1.54, 1.807) is 18.0 Å². The van der Waals surface area contributed by atoms with E-state index in [1.165, 1.54) is 0 Å². The van der Waals surface area contributed by atoms with Crippen molar-refractivity contribution in [2.24, 2.45) is 7.05 Å². The topological polar surface area (TPSA) is 123 Å². The second kappa shape index (κ2) is 14.3. The molecule has 1 fully saturated rings. The number of nitrogens with zero attached hydrogens (tertiary/aromatic N) is 2. The Kier molecular flexibility index (Phi) is 10.5. The SMILES string of the molecule is Cn1ccnc1SC[C@H]1C[C@@H](c2ccc(CO)cc2)O[C@@H](c2cccc(NC(=O)CCCCCC(=O)O)c2)O1. The van der Waals surface area contributed by atoms with Gasteiger partial charge >= 0.3 is 5.97 Å². The number of benzene rings is 2. The second-order valence-electron chi connectivity index (χ2n) is 9.61. The predicted octanol–water partition coefficient (Wildman–Crippen LogP) is 5.22. The van der Waals surface area contributed by atoms with Gasteiger partial charge in [-0.3, -0.25) is 9.59 Å². The van der Waals surface area contributed by atoms with Crippen molar-refractivity contribution in [3.63, 3.8) is 0 Å². The third-order valence-corrected chi connectivity index (χ3v) is 7.72. The molecule has 3 atom stereocenters. The Labute approximate surface area is 232 Å². The summed E-state index contributed by atoms with van der Waals surface area (Å²) >= 11 is 1.63. The summed E-state index contributed by atoms with van der Waals surface area (Å²) in [5.74, 6) is -0.224. The Morgan fingerprint density at radius 1 is 1.08 bits per heavy atom. The molecule has 1 aliphatic rings. The summed E-state index contributed by atoms with van der Waals surface area (Å²) in [6.07, 6.45) is 5.79. The number of aryl methyl sites for hydroxylation is 1. The zero-order chi connectivity index (χ0) is 27.6. The summed E-state index contributed by atoms with van der Waals surface area (Å²) in [5.41, 5.74) is 3.32. The van der Waals surface area contributed by atoms with E-state index in [0.717, 1.165) is 21.8 Å². The van der Waals surface area contributed by atoms with Crippen LogP contribution in [0.2, 0.25) is 0 Å². The first kappa shape index (κ1) is 28.8. The number of aliphatic hydroxyl groups excluding tert-OH is 1. The number of carbonyl (C=O) groups is 2. The summed E-state index contributed by atoms with van der Waals surface area (Å²) in [6, 6.07) is 15.2. The van der Waals surface area contributed by atoms with Crippen LogP contribution in [0, 0.1) is 0 Å². The molecule has 2 aromatic carbocycles. The lowest BCUT2D eigenvalue weighted by Gasteiger charge is -2.36. The van der Waals surface area contributed by atoms with Crippen molar-refractivity contribution in [3.05, 3.63) is 77.6 Å². The fraction of sp³-hybridized carbons (Fsp3) is 0.414. The Balaban J connectivity index is 1.43. The van der Waals surface area contributed by atoms with E-state index in [9.17, 15) is 14.7 Å². The van der Waals surface area contributed by atoms with Gasteiger partial charge in [-0.2, -0.15) is 0 Å². The van der Waals surface area contributed by atoms with Crippen LogP contribution in [0.3, 0.4) is 0 Å². The molecule has 0 spiro atoms. The Bertz CT molecular complexity index is 1230. The molecule has 1 aliphatic heterocycles. The number of aliphatic hydroxyl groups is 1. The summed E-state index contributed by atoms with van der Waals surface area (Å²) in [5, 5.41) is 22.0. The van der Waals surface area contributed by atoms with E-state index in [4.69, 9.17) is 14.6 Å². The van der Waals surface area contributed by atoms with Crippen molar-refractivity contribution < 1.29 is 29.3 Å². The largest absolute Gasteiger partial charge is 0.481 e. The van der Waals surface area contributed by atoms with Gasteiger partial charge in [0.2, 0.25) is 5.91 Å². The maximum atomic E-state index is 12.4. The van der Waals surface area contributed by atoms with Gasteiger partial charge in [0, 0.05) is 55.7 Å². The Morgan fingerprint density at radius 2 is 1.87 bits per heavy atom. The third kappa shape index (κ3) is 8.66. The highest BCUT2D eigenvalue weighted by Gasteiger charge is 2.32. The van der Waals surface area contributed by atoms with E-state index in [2.05, 4.69) is 10.3 Å². The van der Waals surface area contributed by atoms with Crippen molar-refractivity contribution >= 4 is 29.3 Å². The number of hydrogen-bond donors (Lipinski definition) is 3. The second-order valence-corrected chi connectivity index (χ2v) is 10.6. The van der Waals surface area contributed by atoms with Gasteiger partial charge < -0.3 is 29.6 Å². The number of aromatic nitrogens is 2. The molecule has 208 valence electrons. The molecule has 0 bridgehead atoms. The first-order valence-corrected chi connectivity index (χ1v) is 14.1. The normalized spacial score (nSPS) is 19.1. The highest BCUT2D eigenvalue weighted by atomic mass is 32.2. The molecule has 3 N–H and O–H groups in total. The van der Waals surface area contributed by atoms with Crippen LogP contribution in [0.25, 0.3) is 0 Å². The predicted molar refractivity (Wildman–Crippen MR) is 148 cm³/mol. The van der Waals surface area contributed by atoms with E-state index in [1.807, 2.05) is 66.3 Å². The molecule has 4 rings (SSSR count). The number of aliphatic carboxylic acids is 1. The van der Waals surface area contributed by atoms with E-state index >= 15 is 0 Å². The monoisotopic (exact) mass is 553 g/mol. The first-order chi connectivity index (χ1) is 18.9. The first-order valence-electron chi connectivity index (χ1n) is 13.1. The maximum Gasteiger partial charge on any atom is 0.303 e. The minimum Gasteiger partial charge on any atom is -0.481 e. The molecule has 0 unspecified atom stereocenters. The number of thioether (sulfide) groups is 1. The molecule has 39 heavy (non-hydrogen) atoms. The molecule has 0 aliphatic carbocycles. The average molecular weight is 554 g/mol. The zero-order valence-electron chi connectivity index (χ0n) is 22.0. The average Bonchev–Trinajstić information content (AvgIpc) is 3.36. The summed E-state index contributed by atoms with van der Waals surface area (Å²) in [4.78, 5) is 27.5.